The van der Waals surface area contributed by atoms with Gasteiger partial charge in [0.2, 0.25) is 12.3 Å². The van der Waals surface area contributed by atoms with Crippen LogP contribution < -0.4 is 22.1 Å². The van der Waals surface area contributed by atoms with Gasteiger partial charge in [0.25, 0.3) is 0 Å². The van der Waals surface area contributed by atoms with Crippen molar-refractivity contribution in [1.29, 1.82) is 0 Å². The number of carbonyl (C=O) groups excluding carboxylic acids is 2. The highest BCUT2D eigenvalue weighted by Gasteiger charge is 2.20. The number of hydrogen-bond acceptors (Lipinski definition) is 5. The summed E-state index contributed by atoms with van der Waals surface area (Å²) in [5.41, 5.74) is 13.1. The number of benzene rings is 1. The monoisotopic (exact) mass is 324 g/mol. The number of anilines is 2. The van der Waals surface area contributed by atoms with Gasteiger partial charge >= 0.3 is 0 Å². The van der Waals surface area contributed by atoms with E-state index >= 15 is 0 Å². The number of carbonyl (C=O) groups is 2. The van der Waals surface area contributed by atoms with Gasteiger partial charge in [-0.1, -0.05) is 20.8 Å². The molecule has 122 valence electrons. The molecule has 0 saturated heterocycles. The van der Waals surface area contributed by atoms with E-state index < -0.39 is 0 Å². The molecule has 1 rings (SSSR count). The van der Waals surface area contributed by atoms with Crippen molar-refractivity contribution in [3.05, 3.63) is 17.7 Å². The van der Waals surface area contributed by atoms with Crippen molar-refractivity contribution in [2.24, 2.45) is 11.5 Å². The molecule has 2 amide bonds. The Kier molecular flexibility index (Phi) is 6.86. The van der Waals surface area contributed by atoms with Crippen molar-refractivity contribution in [3.63, 3.8) is 0 Å². The molecule has 6 nitrogen and oxygen atoms in total. The standard InChI is InChI=1S/C15H24N4O2S/c1-15(2,3)10-6-11(18-9-20)14(22-5-4-16)12(7-10)19-13(21)8-17/h6-7,9H,4-5,8,16-17H2,1-3H3,(H,18,20)(H,19,21). The molecule has 7 heteroatoms. The minimum Gasteiger partial charge on any atom is -0.330 e. The van der Waals surface area contributed by atoms with Crippen LogP contribution in [0, 0.1) is 0 Å². The predicted octanol–water partition coefficient (Wildman–Crippen LogP) is 1.50. The van der Waals surface area contributed by atoms with Gasteiger partial charge in [-0.2, -0.15) is 0 Å². The molecule has 6 N–H and O–H groups in total. The van der Waals surface area contributed by atoms with Gasteiger partial charge < -0.3 is 22.1 Å². The van der Waals surface area contributed by atoms with Crippen LogP contribution in [0.3, 0.4) is 0 Å². The van der Waals surface area contributed by atoms with E-state index in [-0.39, 0.29) is 17.9 Å². The molecule has 0 aromatic heterocycles. The van der Waals surface area contributed by atoms with Crippen LogP contribution in [0.2, 0.25) is 0 Å². The average molecular weight is 324 g/mol. The summed E-state index contributed by atoms with van der Waals surface area (Å²) in [5, 5.41) is 5.50. The molecular weight excluding hydrogens is 300 g/mol. The van der Waals surface area contributed by atoms with E-state index in [9.17, 15) is 9.59 Å². The lowest BCUT2D eigenvalue weighted by molar-refractivity contribution is -0.115. The third-order valence-corrected chi connectivity index (χ3v) is 4.16. The fourth-order valence-corrected chi connectivity index (χ4v) is 2.70. The number of rotatable bonds is 7. The highest BCUT2D eigenvalue weighted by molar-refractivity contribution is 7.99. The Morgan fingerprint density at radius 2 is 1.91 bits per heavy atom. The number of thioether (sulfide) groups is 1. The Hall–Kier alpha value is -1.57. The highest BCUT2D eigenvalue weighted by Crippen LogP contribution is 2.38. The van der Waals surface area contributed by atoms with E-state index in [0.29, 0.717) is 30.1 Å². The lowest BCUT2D eigenvalue weighted by Gasteiger charge is -2.23. The van der Waals surface area contributed by atoms with Gasteiger partial charge in [-0.15, -0.1) is 11.8 Å². The van der Waals surface area contributed by atoms with Crippen LogP contribution in [-0.2, 0) is 15.0 Å². The summed E-state index contributed by atoms with van der Waals surface area (Å²) >= 11 is 1.48. The van der Waals surface area contributed by atoms with E-state index in [1.807, 2.05) is 12.1 Å². The quantitative estimate of drug-likeness (QED) is 0.449. The van der Waals surface area contributed by atoms with Crippen LogP contribution in [0.15, 0.2) is 17.0 Å². The average Bonchev–Trinajstić information content (AvgIpc) is 2.45. The number of amides is 2. The summed E-state index contributed by atoms with van der Waals surface area (Å²) in [5.74, 6) is 0.395. The van der Waals surface area contributed by atoms with Crippen LogP contribution in [0.1, 0.15) is 26.3 Å². The van der Waals surface area contributed by atoms with Crippen LogP contribution in [-0.4, -0.2) is 31.2 Å². The van der Waals surface area contributed by atoms with E-state index in [1.165, 1.54) is 11.8 Å². The third-order valence-electron chi connectivity index (χ3n) is 2.99. The molecule has 22 heavy (non-hydrogen) atoms. The Labute approximate surface area is 135 Å². The zero-order chi connectivity index (χ0) is 16.8. The van der Waals surface area contributed by atoms with Crippen molar-refractivity contribution in [2.45, 2.75) is 31.1 Å². The number of hydrogen-bond donors (Lipinski definition) is 4. The molecule has 0 spiro atoms. The molecule has 0 radical (unpaired) electrons. The van der Waals surface area contributed by atoms with Crippen molar-refractivity contribution >= 4 is 35.5 Å². The second-order valence-electron chi connectivity index (χ2n) is 5.80. The van der Waals surface area contributed by atoms with Crippen molar-refractivity contribution in [2.75, 3.05) is 29.5 Å². The van der Waals surface area contributed by atoms with Gasteiger partial charge in [0.15, 0.2) is 0 Å². The van der Waals surface area contributed by atoms with Crippen molar-refractivity contribution in [3.8, 4) is 0 Å². The third kappa shape index (κ3) is 5.01. The molecule has 0 aliphatic heterocycles. The number of nitrogens with two attached hydrogens (primary N) is 2. The Morgan fingerprint density at radius 3 is 2.41 bits per heavy atom. The Balaban J connectivity index is 3.39. The molecular formula is C15H24N4O2S. The second-order valence-corrected chi connectivity index (χ2v) is 6.91. The Morgan fingerprint density at radius 1 is 1.27 bits per heavy atom. The molecule has 0 fully saturated rings. The normalized spacial score (nSPS) is 11.1. The van der Waals surface area contributed by atoms with Crippen molar-refractivity contribution < 1.29 is 9.59 Å². The highest BCUT2D eigenvalue weighted by atomic mass is 32.2. The molecule has 1 aromatic rings. The SMILES string of the molecule is CC(C)(C)c1cc(NC=O)c(SCCN)c(NC(=O)CN)c1. The zero-order valence-corrected chi connectivity index (χ0v) is 14.0. The first-order chi connectivity index (χ1) is 10.3. The van der Waals surface area contributed by atoms with Crippen LogP contribution >= 0.6 is 11.8 Å². The van der Waals surface area contributed by atoms with Gasteiger partial charge in [-0.05, 0) is 23.1 Å². The lowest BCUT2D eigenvalue weighted by atomic mass is 9.86. The van der Waals surface area contributed by atoms with Gasteiger partial charge in [-0.25, -0.2) is 0 Å². The van der Waals surface area contributed by atoms with E-state index in [1.54, 1.807) is 0 Å². The summed E-state index contributed by atoms with van der Waals surface area (Å²) < 4.78 is 0. The molecule has 0 bridgehead atoms. The van der Waals surface area contributed by atoms with Crippen LogP contribution in [0.4, 0.5) is 11.4 Å². The summed E-state index contributed by atoms with van der Waals surface area (Å²) in [6.07, 6.45) is 0.628. The van der Waals surface area contributed by atoms with E-state index in [0.717, 1.165) is 10.5 Å². The molecule has 0 unspecified atom stereocenters. The maximum atomic E-state index is 11.7. The molecule has 0 aliphatic carbocycles. The van der Waals surface area contributed by atoms with Gasteiger partial charge in [0.1, 0.15) is 0 Å². The maximum Gasteiger partial charge on any atom is 0.238 e. The predicted molar refractivity (Wildman–Crippen MR) is 92.3 cm³/mol. The molecule has 1 aromatic carbocycles. The summed E-state index contributed by atoms with van der Waals surface area (Å²) in [6.45, 7) is 6.59. The van der Waals surface area contributed by atoms with Gasteiger partial charge in [-0.3, -0.25) is 9.59 Å². The van der Waals surface area contributed by atoms with Crippen molar-refractivity contribution in [1.82, 2.24) is 0 Å². The Bertz CT molecular complexity index is 541. The van der Waals surface area contributed by atoms with Gasteiger partial charge in [0, 0.05) is 12.3 Å². The molecule has 0 aliphatic rings. The largest absolute Gasteiger partial charge is 0.330 e. The van der Waals surface area contributed by atoms with E-state index in [4.69, 9.17) is 11.5 Å². The summed E-state index contributed by atoms with van der Waals surface area (Å²) in [4.78, 5) is 23.4. The minimum absolute atomic E-state index is 0.100. The maximum absolute atomic E-state index is 11.7. The zero-order valence-electron chi connectivity index (χ0n) is 13.2. The van der Waals surface area contributed by atoms with E-state index in [2.05, 4.69) is 31.4 Å². The smallest absolute Gasteiger partial charge is 0.238 e. The summed E-state index contributed by atoms with van der Waals surface area (Å²) in [7, 11) is 0. The first-order valence-corrected chi connectivity index (χ1v) is 8.03. The topological polar surface area (TPSA) is 110 Å². The van der Waals surface area contributed by atoms with Gasteiger partial charge in [0.05, 0.1) is 22.8 Å². The number of nitrogens with one attached hydrogen (secondary N) is 2. The second kappa shape index (κ2) is 8.17. The van der Waals surface area contributed by atoms with Crippen LogP contribution in [0.5, 0.6) is 0 Å². The lowest BCUT2D eigenvalue weighted by Crippen LogP contribution is -2.23. The fourth-order valence-electron chi connectivity index (χ4n) is 1.84. The molecule has 0 saturated carbocycles. The summed E-state index contributed by atoms with van der Waals surface area (Å²) in [6, 6.07) is 3.84. The molecule has 0 heterocycles. The molecule has 0 atom stereocenters. The fraction of sp³-hybridized carbons (Fsp3) is 0.467. The first kappa shape index (κ1) is 18.5. The minimum atomic E-state index is -0.280. The first-order valence-electron chi connectivity index (χ1n) is 7.05. The van der Waals surface area contributed by atoms with Crippen LogP contribution in [0.25, 0.3) is 0 Å².